The Hall–Kier alpha value is -1.92. The SMILES string of the molecule is CC(N)C(C)C(=O)Nc1ccc(CC(=O)N2CCOCC2)cc1. The van der Waals surface area contributed by atoms with Gasteiger partial charge in [0.25, 0.3) is 0 Å². The first kappa shape index (κ1) is 17.4. The van der Waals surface area contributed by atoms with Gasteiger partial charge in [-0.15, -0.1) is 0 Å². The molecule has 23 heavy (non-hydrogen) atoms. The average molecular weight is 319 g/mol. The van der Waals surface area contributed by atoms with E-state index in [1.54, 1.807) is 6.92 Å². The maximum atomic E-state index is 12.2. The fourth-order valence-electron chi connectivity index (χ4n) is 2.30. The molecule has 1 aliphatic heterocycles. The van der Waals surface area contributed by atoms with Crippen LogP contribution in [0.2, 0.25) is 0 Å². The van der Waals surface area contributed by atoms with Gasteiger partial charge in [0.2, 0.25) is 11.8 Å². The van der Waals surface area contributed by atoms with Gasteiger partial charge in [-0.2, -0.15) is 0 Å². The highest BCUT2D eigenvalue weighted by atomic mass is 16.5. The van der Waals surface area contributed by atoms with Crippen LogP contribution in [0.3, 0.4) is 0 Å². The Kier molecular flexibility index (Phi) is 6.12. The number of hydrogen-bond donors (Lipinski definition) is 2. The van der Waals surface area contributed by atoms with E-state index in [2.05, 4.69) is 5.32 Å². The van der Waals surface area contributed by atoms with E-state index in [-0.39, 0.29) is 23.8 Å². The zero-order valence-electron chi connectivity index (χ0n) is 13.7. The molecule has 2 atom stereocenters. The Balaban J connectivity index is 1.89. The highest BCUT2D eigenvalue weighted by Crippen LogP contribution is 2.13. The smallest absolute Gasteiger partial charge is 0.228 e. The number of nitrogens with two attached hydrogens (primary N) is 1. The molecule has 6 nitrogen and oxygen atoms in total. The summed E-state index contributed by atoms with van der Waals surface area (Å²) in [6.07, 6.45) is 0.366. The molecule has 2 unspecified atom stereocenters. The second-order valence-electron chi connectivity index (χ2n) is 6.00. The lowest BCUT2D eigenvalue weighted by Gasteiger charge is -2.26. The van der Waals surface area contributed by atoms with Crippen LogP contribution in [0.25, 0.3) is 0 Å². The Morgan fingerprint density at radius 1 is 1.22 bits per heavy atom. The zero-order chi connectivity index (χ0) is 16.8. The van der Waals surface area contributed by atoms with Gasteiger partial charge in [0.15, 0.2) is 0 Å². The third-order valence-electron chi connectivity index (χ3n) is 4.14. The van der Waals surface area contributed by atoms with Gasteiger partial charge in [0, 0.05) is 24.8 Å². The van der Waals surface area contributed by atoms with Crippen LogP contribution in [-0.4, -0.2) is 49.1 Å². The fourth-order valence-corrected chi connectivity index (χ4v) is 2.30. The summed E-state index contributed by atoms with van der Waals surface area (Å²) < 4.78 is 5.25. The second kappa shape index (κ2) is 8.08. The molecule has 1 saturated heterocycles. The van der Waals surface area contributed by atoms with Crippen molar-refractivity contribution < 1.29 is 14.3 Å². The van der Waals surface area contributed by atoms with E-state index in [1.165, 1.54) is 0 Å². The van der Waals surface area contributed by atoms with E-state index in [4.69, 9.17) is 10.5 Å². The standard InChI is InChI=1S/C17H25N3O3/c1-12(13(2)18)17(22)19-15-5-3-14(4-6-15)11-16(21)20-7-9-23-10-8-20/h3-6,12-13H,7-11,18H2,1-2H3,(H,19,22). The topological polar surface area (TPSA) is 84.7 Å². The first-order valence-electron chi connectivity index (χ1n) is 7.98. The molecule has 6 heteroatoms. The number of nitrogens with zero attached hydrogens (tertiary/aromatic N) is 1. The van der Waals surface area contributed by atoms with Crippen molar-refractivity contribution in [1.82, 2.24) is 4.90 Å². The molecule has 1 aliphatic rings. The van der Waals surface area contributed by atoms with E-state index in [0.717, 1.165) is 5.56 Å². The van der Waals surface area contributed by atoms with E-state index in [0.29, 0.717) is 38.4 Å². The third kappa shape index (κ3) is 5.04. The fraction of sp³-hybridized carbons (Fsp3) is 0.529. The van der Waals surface area contributed by atoms with Gasteiger partial charge >= 0.3 is 0 Å². The number of anilines is 1. The molecule has 1 heterocycles. The minimum atomic E-state index is -0.252. The summed E-state index contributed by atoms with van der Waals surface area (Å²) in [5.41, 5.74) is 7.37. The van der Waals surface area contributed by atoms with Gasteiger partial charge in [-0.25, -0.2) is 0 Å². The van der Waals surface area contributed by atoms with Crippen molar-refractivity contribution in [3.8, 4) is 0 Å². The van der Waals surface area contributed by atoms with Gasteiger partial charge in [0.05, 0.1) is 25.6 Å². The normalized spacial score (nSPS) is 17.4. The molecule has 1 fully saturated rings. The molecular formula is C17H25N3O3. The van der Waals surface area contributed by atoms with Crippen LogP contribution in [0.15, 0.2) is 24.3 Å². The van der Waals surface area contributed by atoms with Crippen molar-refractivity contribution in [3.05, 3.63) is 29.8 Å². The second-order valence-corrected chi connectivity index (χ2v) is 6.00. The van der Waals surface area contributed by atoms with Gasteiger partial charge in [-0.1, -0.05) is 19.1 Å². The van der Waals surface area contributed by atoms with Crippen LogP contribution >= 0.6 is 0 Å². The lowest BCUT2D eigenvalue weighted by molar-refractivity contribution is -0.134. The van der Waals surface area contributed by atoms with Crippen LogP contribution in [0, 0.1) is 5.92 Å². The number of nitrogens with one attached hydrogen (secondary N) is 1. The van der Waals surface area contributed by atoms with Crippen LogP contribution < -0.4 is 11.1 Å². The summed E-state index contributed by atoms with van der Waals surface area (Å²) in [5, 5.41) is 2.84. The van der Waals surface area contributed by atoms with Gasteiger partial charge in [-0.3, -0.25) is 9.59 Å². The van der Waals surface area contributed by atoms with Gasteiger partial charge < -0.3 is 20.7 Å². The van der Waals surface area contributed by atoms with Crippen LogP contribution in [-0.2, 0) is 20.7 Å². The minimum Gasteiger partial charge on any atom is -0.378 e. The van der Waals surface area contributed by atoms with E-state index in [1.807, 2.05) is 36.1 Å². The summed E-state index contributed by atoms with van der Waals surface area (Å²) in [7, 11) is 0. The van der Waals surface area contributed by atoms with E-state index < -0.39 is 0 Å². The third-order valence-corrected chi connectivity index (χ3v) is 4.14. The first-order valence-corrected chi connectivity index (χ1v) is 7.98. The molecule has 0 radical (unpaired) electrons. The number of rotatable bonds is 5. The molecular weight excluding hydrogens is 294 g/mol. The molecule has 0 spiro atoms. The van der Waals surface area contributed by atoms with Crippen molar-refractivity contribution in [1.29, 1.82) is 0 Å². The molecule has 2 rings (SSSR count). The quantitative estimate of drug-likeness (QED) is 0.848. The molecule has 2 amide bonds. The molecule has 0 aliphatic carbocycles. The largest absolute Gasteiger partial charge is 0.378 e. The van der Waals surface area contributed by atoms with Crippen molar-refractivity contribution in [3.63, 3.8) is 0 Å². The van der Waals surface area contributed by atoms with Crippen LogP contribution in [0.5, 0.6) is 0 Å². The van der Waals surface area contributed by atoms with Crippen molar-refractivity contribution >= 4 is 17.5 Å². The molecule has 126 valence electrons. The number of morpholine rings is 1. The molecule has 1 aromatic rings. The number of benzene rings is 1. The Bertz CT molecular complexity index is 537. The van der Waals surface area contributed by atoms with Crippen molar-refractivity contribution in [2.24, 2.45) is 11.7 Å². The maximum Gasteiger partial charge on any atom is 0.228 e. The first-order chi connectivity index (χ1) is 11.0. The summed E-state index contributed by atoms with van der Waals surface area (Å²) >= 11 is 0. The summed E-state index contributed by atoms with van der Waals surface area (Å²) in [4.78, 5) is 26.0. The zero-order valence-corrected chi connectivity index (χ0v) is 13.7. The summed E-state index contributed by atoms with van der Waals surface area (Å²) in [6.45, 7) is 6.13. The minimum absolute atomic E-state index is 0.0999. The van der Waals surface area contributed by atoms with Crippen LogP contribution in [0.4, 0.5) is 5.69 Å². The van der Waals surface area contributed by atoms with E-state index >= 15 is 0 Å². The van der Waals surface area contributed by atoms with Crippen molar-refractivity contribution in [2.45, 2.75) is 26.3 Å². The Morgan fingerprint density at radius 3 is 2.39 bits per heavy atom. The highest BCUT2D eigenvalue weighted by Gasteiger charge is 2.18. The predicted octanol–water partition coefficient (Wildman–Crippen LogP) is 1.01. The molecule has 1 aromatic carbocycles. The summed E-state index contributed by atoms with van der Waals surface area (Å²) in [5.74, 6) is -0.245. The lowest BCUT2D eigenvalue weighted by Crippen LogP contribution is -2.41. The lowest BCUT2D eigenvalue weighted by atomic mass is 10.0. The predicted molar refractivity (Wildman–Crippen MR) is 89.0 cm³/mol. The number of ether oxygens (including phenoxy) is 1. The van der Waals surface area contributed by atoms with E-state index in [9.17, 15) is 9.59 Å². The average Bonchev–Trinajstić information content (AvgIpc) is 2.56. The molecule has 0 bridgehead atoms. The van der Waals surface area contributed by atoms with Gasteiger partial charge in [-0.05, 0) is 24.6 Å². The molecule has 3 N–H and O–H groups in total. The number of carbonyl (C=O) groups excluding carboxylic acids is 2. The monoisotopic (exact) mass is 319 g/mol. The maximum absolute atomic E-state index is 12.2. The van der Waals surface area contributed by atoms with Crippen molar-refractivity contribution in [2.75, 3.05) is 31.6 Å². The Labute approximate surface area is 137 Å². The number of carbonyl (C=O) groups is 2. The van der Waals surface area contributed by atoms with Gasteiger partial charge in [0.1, 0.15) is 0 Å². The molecule has 0 aromatic heterocycles. The highest BCUT2D eigenvalue weighted by molar-refractivity contribution is 5.92. The summed E-state index contributed by atoms with van der Waals surface area (Å²) in [6, 6.07) is 7.16. The van der Waals surface area contributed by atoms with Crippen LogP contribution in [0.1, 0.15) is 19.4 Å². The number of hydrogen-bond acceptors (Lipinski definition) is 4. The molecule has 0 saturated carbocycles. The number of amides is 2. The Morgan fingerprint density at radius 2 is 1.83 bits per heavy atom.